The van der Waals surface area contributed by atoms with E-state index < -0.39 is 6.10 Å². The normalized spacial score (nSPS) is 22.1. The van der Waals surface area contributed by atoms with Gasteiger partial charge < -0.3 is 24.2 Å². The number of hydrogen-bond acceptors (Lipinski definition) is 5. The van der Waals surface area contributed by atoms with E-state index in [1.165, 1.54) is 24.3 Å². The van der Waals surface area contributed by atoms with E-state index in [9.17, 15) is 13.9 Å². The second kappa shape index (κ2) is 9.51. The number of aliphatic hydroxyl groups excluding tert-OH is 1. The van der Waals surface area contributed by atoms with E-state index in [1.807, 2.05) is 11.9 Å². The third-order valence-corrected chi connectivity index (χ3v) is 6.14. The predicted octanol–water partition coefficient (Wildman–Crippen LogP) is 3.36. The molecular formula is C24H29F2NO4. The van der Waals surface area contributed by atoms with Crippen molar-refractivity contribution >= 4 is 0 Å². The molecule has 1 unspecified atom stereocenters. The number of hydrogen-bond donors (Lipinski definition) is 1. The SMILES string of the molecule is COC(CN(C)C[C@H](O)[C@H]1CCc2cc(F)ccc2O1)[C@@H]1CCc2cc(F)ccc2O1. The van der Waals surface area contributed by atoms with Gasteiger partial charge in [0.2, 0.25) is 0 Å². The molecule has 1 N–H and O–H groups in total. The van der Waals surface area contributed by atoms with Crippen LogP contribution in [0.15, 0.2) is 36.4 Å². The van der Waals surface area contributed by atoms with E-state index in [4.69, 9.17) is 14.2 Å². The largest absolute Gasteiger partial charge is 0.487 e. The minimum atomic E-state index is -0.684. The minimum absolute atomic E-state index is 0.143. The molecule has 2 aromatic rings. The highest BCUT2D eigenvalue weighted by Crippen LogP contribution is 2.31. The Morgan fingerprint density at radius 2 is 1.52 bits per heavy atom. The molecule has 0 bridgehead atoms. The zero-order valence-corrected chi connectivity index (χ0v) is 17.9. The smallest absolute Gasteiger partial charge is 0.126 e. The number of likely N-dealkylation sites (N-methyl/N-ethyl adjacent to an activating group) is 1. The van der Waals surface area contributed by atoms with E-state index in [2.05, 4.69) is 0 Å². The molecule has 4 atom stereocenters. The van der Waals surface area contributed by atoms with Crippen molar-refractivity contribution in [1.29, 1.82) is 0 Å². The molecule has 0 saturated heterocycles. The number of benzene rings is 2. The van der Waals surface area contributed by atoms with Gasteiger partial charge in [0.15, 0.2) is 0 Å². The Morgan fingerprint density at radius 1 is 0.968 bits per heavy atom. The molecule has 0 radical (unpaired) electrons. The highest BCUT2D eigenvalue weighted by molar-refractivity contribution is 5.36. The van der Waals surface area contributed by atoms with Gasteiger partial charge >= 0.3 is 0 Å². The van der Waals surface area contributed by atoms with Crippen molar-refractivity contribution in [3.63, 3.8) is 0 Å². The summed E-state index contributed by atoms with van der Waals surface area (Å²) >= 11 is 0. The van der Waals surface area contributed by atoms with Crippen LogP contribution >= 0.6 is 0 Å². The quantitative estimate of drug-likeness (QED) is 0.726. The summed E-state index contributed by atoms with van der Waals surface area (Å²) in [6, 6.07) is 9.08. The Morgan fingerprint density at radius 3 is 2.10 bits per heavy atom. The van der Waals surface area contributed by atoms with E-state index in [1.54, 1.807) is 19.2 Å². The molecule has 0 saturated carbocycles. The standard InChI is InChI=1S/C24H29F2NO4/c1-27(13-19(28)22-7-3-15-11-17(25)5-9-20(15)30-22)14-24(29-2)23-8-4-16-12-18(26)6-10-21(16)31-23/h5-6,9-12,19,22-24,28H,3-4,7-8,13-14H2,1-2H3/t19-,22+,23-,24?/m0/s1. The molecular weight excluding hydrogens is 404 g/mol. The van der Waals surface area contributed by atoms with Gasteiger partial charge in [-0.1, -0.05) is 0 Å². The molecule has 2 aliphatic rings. The Kier molecular flexibility index (Phi) is 6.74. The number of ether oxygens (including phenoxy) is 3. The summed E-state index contributed by atoms with van der Waals surface area (Å²) in [4.78, 5) is 2.01. The lowest BCUT2D eigenvalue weighted by molar-refractivity contribution is -0.0381. The minimum Gasteiger partial charge on any atom is -0.487 e. The summed E-state index contributed by atoms with van der Waals surface area (Å²) in [7, 11) is 3.58. The van der Waals surface area contributed by atoms with Crippen molar-refractivity contribution in [2.75, 3.05) is 27.2 Å². The van der Waals surface area contributed by atoms with Gasteiger partial charge in [-0.05, 0) is 80.3 Å². The van der Waals surface area contributed by atoms with Crippen LogP contribution in [-0.4, -0.2) is 61.7 Å². The molecule has 0 amide bonds. The van der Waals surface area contributed by atoms with Crippen LogP contribution in [0.5, 0.6) is 11.5 Å². The van der Waals surface area contributed by atoms with Crippen LogP contribution in [0, 0.1) is 11.6 Å². The van der Waals surface area contributed by atoms with Crippen molar-refractivity contribution in [3.8, 4) is 11.5 Å². The van der Waals surface area contributed by atoms with Crippen LogP contribution < -0.4 is 9.47 Å². The Labute approximate surface area is 181 Å². The topological polar surface area (TPSA) is 51.2 Å². The molecule has 0 fully saturated rings. The van der Waals surface area contributed by atoms with Crippen LogP contribution in [0.1, 0.15) is 24.0 Å². The highest BCUT2D eigenvalue weighted by Gasteiger charge is 2.31. The zero-order valence-electron chi connectivity index (χ0n) is 17.9. The zero-order chi connectivity index (χ0) is 22.0. The average Bonchev–Trinajstić information content (AvgIpc) is 2.76. The molecule has 0 aliphatic carbocycles. The predicted molar refractivity (Wildman–Crippen MR) is 113 cm³/mol. The first-order valence-electron chi connectivity index (χ1n) is 10.7. The average molecular weight is 433 g/mol. The first kappa shape index (κ1) is 22.0. The number of fused-ring (bicyclic) bond motifs is 2. The van der Waals surface area contributed by atoms with E-state index >= 15 is 0 Å². The van der Waals surface area contributed by atoms with Gasteiger partial charge in [0.1, 0.15) is 47.5 Å². The number of rotatable bonds is 7. The lowest BCUT2D eigenvalue weighted by Crippen LogP contribution is -2.47. The summed E-state index contributed by atoms with van der Waals surface area (Å²) in [6.45, 7) is 0.985. The fraction of sp³-hybridized carbons (Fsp3) is 0.500. The number of aryl methyl sites for hydroxylation is 2. The third-order valence-electron chi connectivity index (χ3n) is 6.14. The van der Waals surface area contributed by atoms with Crippen molar-refractivity contribution in [2.24, 2.45) is 0 Å². The van der Waals surface area contributed by atoms with Crippen LogP contribution in [0.3, 0.4) is 0 Å². The second-order valence-electron chi connectivity index (χ2n) is 8.46. The van der Waals surface area contributed by atoms with Gasteiger partial charge in [0.25, 0.3) is 0 Å². The molecule has 7 heteroatoms. The van der Waals surface area contributed by atoms with Gasteiger partial charge in [0, 0.05) is 20.2 Å². The van der Waals surface area contributed by atoms with E-state index in [-0.39, 0.29) is 29.9 Å². The second-order valence-corrected chi connectivity index (χ2v) is 8.46. The summed E-state index contributed by atoms with van der Waals surface area (Å²) in [5.41, 5.74) is 1.72. The van der Waals surface area contributed by atoms with Gasteiger partial charge in [0.05, 0.1) is 0 Å². The summed E-state index contributed by atoms with van der Waals surface area (Å²) in [5.74, 6) is 0.813. The van der Waals surface area contributed by atoms with Crippen molar-refractivity contribution < 1.29 is 28.1 Å². The van der Waals surface area contributed by atoms with Crippen LogP contribution in [0.2, 0.25) is 0 Å². The fourth-order valence-electron chi connectivity index (χ4n) is 4.45. The van der Waals surface area contributed by atoms with Gasteiger partial charge in [-0.15, -0.1) is 0 Å². The van der Waals surface area contributed by atoms with Crippen LogP contribution in [0.25, 0.3) is 0 Å². The van der Waals surface area contributed by atoms with Gasteiger partial charge in [-0.2, -0.15) is 0 Å². The fourth-order valence-corrected chi connectivity index (χ4v) is 4.45. The van der Waals surface area contributed by atoms with Crippen molar-refractivity contribution in [3.05, 3.63) is 59.2 Å². The van der Waals surface area contributed by atoms with Gasteiger partial charge in [-0.3, -0.25) is 0 Å². The number of halogens is 2. The monoisotopic (exact) mass is 433 g/mol. The molecule has 4 rings (SSSR count). The molecule has 0 aromatic heterocycles. The first-order chi connectivity index (χ1) is 14.9. The molecule has 31 heavy (non-hydrogen) atoms. The van der Waals surface area contributed by atoms with Crippen molar-refractivity contribution in [2.45, 2.75) is 50.1 Å². The maximum Gasteiger partial charge on any atom is 0.126 e. The number of aliphatic hydroxyl groups is 1. The van der Waals surface area contributed by atoms with E-state index in [0.29, 0.717) is 37.4 Å². The molecule has 2 aromatic carbocycles. The lowest BCUT2D eigenvalue weighted by atomic mass is 9.97. The first-order valence-corrected chi connectivity index (χ1v) is 10.7. The summed E-state index contributed by atoms with van der Waals surface area (Å²) < 4.78 is 44.5. The van der Waals surface area contributed by atoms with Crippen molar-refractivity contribution in [1.82, 2.24) is 4.90 Å². The van der Waals surface area contributed by atoms with Gasteiger partial charge in [-0.25, -0.2) is 8.78 Å². The van der Waals surface area contributed by atoms with E-state index in [0.717, 1.165) is 24.0 Å². The third kappa shape index (κ3) is 5.17. The Balaban J connectivity index is 1.31. The summed E-state index contributed by atoms with van der Waals surface area (Å²) in [6.07, 6.45) is 1.44. The number of methoxy groups -OCH3 is 1. The molecule has 2 aliphatic heterocycles. The molecule has 2 heterocycles. The molecule has 0 spiro atoms. The van der Waals surface area contributed by atoms with Crippen LogP contribution in [-0.2, 0) is 17.6 Å². The highest BCUT2D eigenvalue weighted by atomic mass is 19.1. The van der Waals surface area contributed by atoms with Crippen LogP contribution in [0.4, 0.5) is 8.78 Å². The lowest BCUT2D eigenvalue weighted by Gasteiger charge is -2.35. The molecule has 168 valence electrons. The number of nitrogens with zero attached hydrogens (tertiary/aromatic N) is 1. The summed E-state index contributed by atoms with van der Waals surface area (Å²) in [5, 5.41) is 10.7. The maximum atomic E-state index is 13.4. The molecule has 5 nitrogen and oxygen atoms in total. The Bertz CT molecular complexity index is 909. The Hall–Kier alpha value is -2.22. The maximum absolute atomic E-state index is 13.4.